The van der Waals surface area contributed by atoms with Gasteiger partial charge in [-0.2, -0.15) is 13.2 Å². The molecule has 0 bridgehead atoms. The third kappa shape index (κ3) is 4.17. The van der Waals surface area contributed by atoms with Gasteiger partial charge < -0.3 is 9.57 Å². The van der Waals surface area contributed by atoms with Crippen molar-refractivity contribution < 1.29 is 22.7 Å². The van der Waals surface area contributed by atoms with Gasteiger partial charge in [-0.1, -0.05) is 41.6 Å². The van der Waals surface area contributed by atoms with E-state index in [1.807, 2.05) is 12.2 Å². The van der Waals surface area contributed by atoms with Crippen LogP contribution in [0.15, 0.2) is 58.5 Å². The molecule has 10 heteroatoms. The number of rotatable bonds is 6. The normalized spacial score (nSPS) is 19.2. The maximum absolute atomic E-state index is 12.9. The van der Waals surface area contributed by atoms with Crippen molar-refractivity contribution in [2.24, 2.45) is 12.2 Å². The molecule has 1 aromatic heterocycles. The van der Waals surface area contributed by atoms with Gasteiger partial charge in [-0.25, -0.2) is 14.0 Å². The Morgan fingerprint density at radius 2 is 2.10 bits per heavy atom. The highest BCUT2D eigenvalue weighted by molar-refractivity contribution is 5.98. The number of allylic oxidation sites excluding steroid dienone is 3. The molecule has 0 radical (unpaired) electrons. The van der Waals surface area contributed by atoms with E-state index in [4.69, 9.17) is 9.57 Å². The molecule has 160 valence electrons. The molecular weight excluding hydrogens is 401 g/mol. The number of aromatic nitrogens is 3. The van der Waals surface area contributed by atoms with Gasteiger partial charge in [0.25, 0.3) is 0 Å². The molecule has 0 saturated heterocycles. The molecule has 1 aliphatic carbocycles. The molecule has 0 aliphatic heterocycles. The summed E-state index contributed by atoms with van der Waals surface area (Å²) in [5, 5.41) is 8.04. The number of halogens is 3. The monoisotopic (exact) mass is 422 g/mol. The zero-order valence-electron chi connectivity index (χ0n) is 16.7. The van der Waals surface area contributed by atoms with Crippen LogP contribution < -0.4 is 10.4 Å². The van der Waals surface area contributed by atoms with Crippen LogP contribution in [-0.2, 0) is 23.6 Å². The fourth-order valence-corrected chi connectivity index (χ4v) is 3.16. The summed E-state index contributed by atoms with van der Waals surface area (Å²) in [4.78, 5) is 18.1. The van der Waals surface area contributed by atoms with Gasteiger partial charge in [0.1, 0.15) is 12.1 Å². The van der Waals surface area contributed by atoms with E-state index >= 15 is 0 Å². The summed E-state index contributed by atoms with van der Waals surface area (Å²) in [5.41, 5.74) is -1.54. The van der Waals surface area contributed by atoms with Gasteiger partial charge in [0.15, 0.2) is 0 Å². The van der Waals surface area contributed by atoms with E-state index in [1.165, 1.54) is 30.9 Å². The zero-order valence-corrected chi connectivity index (χ0v) is 16.7. The van der Waals surface area contributed by atoms with Crippen LogP contribution in [0.4, 0.5) is 13.2 Å². The summed E-state index contributed by atoms with van der Waals surface area (Å²) >= 11 is 0. The second-order valence-electron chi connectivity index (χ2n) is 6.85. The lowest BCUT2D eigenvalue weighted by atomic mass is 9.92. The van der Waals surface area contributed by atoms with Crippen LogP contribution in [0.25, 0.3) is 0 Å². The van der Waals surface area contributed by atoms with Crippen molar-refractivity contribution in [3.8, 4) is 6.01 Å². The molecule has 3 rings (SSSR count). The molecule has 30 heavy (non-hydrogen) atoms. The van der Waals surface area contributed by atoms with Gasteiger partial charge in [-0.05, 0) is 31.0 Å². The topological polar surface area (TPSA) is 70.6 Å². The molecular formula is C20H21F3N4O3. The molecule has 1 heterocycles. The number of benzene rings is 1. The molecule has 0 fully saturated rings. The van der Waals surface area contributed by atoms with E-state index in [1.54, 1.807) is 19.1 Å². The molecule has 1 unspecified atom stereocenters. The van der Waals surface area contributed by atoms with Gasteiger partial charge >= 0.3 is 17.9 Å². The standard InChI is InChI=1S/C20H21F3N4O3/c1-14(15-8-7-9-16(12-15)20(21,22)23)25-30-13-19(10-5-4-6-11-19)27-17(29-3)24-26(2)18(27)28/h4-10,12H,11,13H2,1-3H3. The SMILES string of the molecule is COc1nn(C)c(=O)n1C1(CON=C(C)c2cccc(C(F)(F)F)c2)C=CC=CC1. The first-order chi connectivity index (χ1) is 14.2. The molecule has 1 aliphatic rings. The molecule has 0 spiro atoms. The lowest BCUT2D eigenvalue weighted by Crippen LogP contribution is -2.43. The van der Waals surface area contributed by atoms with Crippen molar-refractivity contribution >= 4 is 5.71 Å². The summed E-state index contributed by atoms with van der Waals surface area (Å²) in [5.74, 6) is 0. The van der Waals surface area contributed by atoms with Crippen LogP contribution in [0.3, 0.4) is 0 Å². The van der Waals surface area contributed by atoms with Crippen LogP contribution in [0.1, 0.15) is 24.5 Å². The second kappa shape index (κ2) is 8.21. The summed E-state index contributed by atoms with van der Waals surface area (Å²) < 4.78 is 46.6. The van der Waals surface area contributed by atoms with E-state index in [0.717, 1.165) is 16.8 Å². The molecule has 0 N–H and O–H groups in total. The molecule has 1 atom stereocenters. The average molecular weight is 422 g/mol. The lowest BCUT2D eigenvalue weighted by molar-refractivity contribution is -0.137. The first-order valence-corrected chi connectivity index (χ1v) is 9.07. The van der Waals surface area contributed by atoms with Crippen molar-refractivity contribution in [1.82, 2.24) is 14.3 Å². The van der Waals surface area contributed by atoms with Gasteiger partial charge in [0, 0.05) is 7.05 Å². The van der Waals surface area contributed by atoms with Gasteiger partial charge in [0.2, 0.25) is 0 Å². The molecule has 0 saturated carbocycles. The van der Waals surface area contributed by atoms with Crippen molar-refractivity contribution in [3.63, 3.8) is 0 Å². The summed E-state index contributed by atoms with van der Waals surface area (Å²) in [7, 11) is 2.92. The van der Waals surface area contributed by atoms with Crippen LogP contribution in [0.2, 0.25) is 0 Å². The van der Waals surface area contributed by atoms with Crippen molar-refractivity contribution in [2.75, 3.05) is 13.7 Å². The predicted molar refractivity (Wildman–Crippen MR) is 104 cm³/mol. The Morgan fingerprint density at radius 1 is 1.33 bits per heavy atom. The predicted octanol–water partition coefficient (Wildman–Crippen LogP) is 3.26. The van der Waals surface area contributed by atoms with Crippen molar-refractivity contribution in [3.05, 3.63) is 70.2 Å². The quantitative estimate of drug-likeness (QED) is 0.529. The smallest absolute Gasteiger partial charge is 0.416 e. The maximum Gasteiger partial charge on any atom is 0.416 e. The Kier molecular flexibility index (Phi) is 5.86. The van der Waals surface area contributed by atoms with Gasteiger partial charge in [-0.15, -0.1) is 5.10 Å². The minimum atomic E-state index is -4.45. The number of alkyl halides is 3. The summed E-state index contributed by atoms with van der Waals surface area (Å²) in [6, 6.07) is 4.95. The molecule has 7 nitrogen and oxygen atoms in total. The largest absolute Gasteiger partial charge is 0.467 e. The Labute approximate surface area is 170 Å². The Balaban J connectivity index is 1.88. The van der Waals surface area contributed by atoms with Crippen LogP contribution >= 0.6 is 0 Å². The van der Waals surface area contributed by atoms with E-state index in [2.05, 4.69) is 10.3 Å². The molecule has 0 amide bonds. The van der Waals surface area contributed by atoms with Crippen LogP contribution in [0, 0.1) is 0 Å². The van der Waals surface area contributed by atoms with Crippen LogP contribution in [-0.4, -0.2) is 33.8 Å². The Hall–Kier alpha value is -3.30. The van der Waals surface area contributed by atoms with Gasteiger partial charge in [-0.3, -0.25) is 0 Å². The first-order valence-electron chi connectivity index (χ1n) is 9.07. The van der Waals surface area contributed by atoms with E-state index in [0.29, 0.717) is 6.42 Å². The first kappa shape index (κ1) is 21.4. The van der Waals surface area contributed by atoms with Crippen molar-refractivity contribution in [2.45, 2.75) is 25.1 Å². The zero-order chi connectivity index (χ0) is 21.9. The average Bonchev–Trinajstić information content (AvgIpc) is 3.02. The number of aryl methyl sites for hydroxylation is 1. The summed E-state index contributed by atoms with van der Waals surface area (Å²) in [6.07, 6.45) is 3.24. The fraction of sp³-hybridized carbons (Fsp3) is 0.350. The Morgan fingerprint density at radius 3 is 2.73 bits per heavy atom. The number of hydrogen-bond acceptors (Lipinski definition) is 5. The molecule has 1 aromatic carbocycles. The number of ether oxygens (including phenoxy) is 1. The van der Waals surface area contributed by atoms with E-state index < -0.39 is 23.0 Å². The lowest BCUT2D eigenvalue weighted by Gasteiger charge is -2.30. The third-order valence-corrected chi connectivity index (χ3v) is 4.77. The van der Waals surface area contributed by atoms with Gasteiger partial charge in [0.05, 0.1) is 18.4 Å². The second-order valence-corrected chi connectivity index (χ2v) is 6.85. The Bertz CT molecular complexity index is 1070. The molecule has 2 aromatic rings. The number of hydrogen-bond donors (Lipinski definition) is 0. The van der Waals surface area contributed by atoms with Crippen LogP contribution in [0.5, 0.6) is 6.01 Å². The highest BCUT2D eigenvalue weighted by Crippen LogP contribution is 2.31. The summed E-state index contributed by atoms with van der Waals surface area (Å²) in [6.45, 7) is 1.50. The third-order valence-electron chi connectivity index (χ3n) is 4.77. The highest BCUT2D eigenvalue weighted by atomic mass is 19.4. The van der Waals surface area contributed by atoms with E-state index in [9.17, 15) is 18.0 Å². The minimum Gasteiger partial charge on any atom is -0.467 e. The van der Waals surface area contributed by atoms with E-state index in [-0.39, 0.29) is 23.9 Å². The highest BCUT2D eigenvalue weighted by Gasteiger charge is 2.36. The number of methoxy groups -OCH3 is 1. The number of nitrogens with zero attached hydrogens (tertiary/aromatic N) is 4. The van der Waals surface area contributed by atoms with Crippen molar-refractivity contribution in [1.29, 1.82) is 0 Å². The maximum atomic E-state index is 12.9. The fourth-order valence-electron chi connectivity index (χ4n) is 3.16. The number of oxime groups is 1. The minimum absolute atomic E-state index is 0.0495.